The molecule has 1 aromatic heterocycles. The first kappa shape index (κ1) is 14.4. The molecule has 0 saturated carbocycles. The monoisotopic (exact) mass is 287 g/mol. The summed E-state index contributed by atoms with van der Waals surface area (Å²) in [6.45, 7) is 3.56. The fraction of sp³-hybridized carbons (Fsp3) is 0.143. The van der Waals surface area contributed by atoms with E-state index in [-0.39, 0.29) is 5.56 Å². The van der Waals surface area contributed by atoms with E-state index >= 15 is 0 Å². The standard InChI is InChI=1S/C14H13N3O4/c1-8-6-7-11(9(2)15-8)16-14(19)10-4-3-5-12(13(10)18)17(20)21/h3-7,18H,1-2H3,(H,16,19). The Morgan fingerprint density at radius 1 is 1.29 bits per heavy atom. The number of pyridine rings is 1. The number of nitrogens with one attached hydrogen (secondary N) is 1. The number of anilines is 1. The molecule has 108 valence electrons. The van der Waals surface area contributed by atoms with Crippen LogP contribution in [0, 0.1) is 24.0 Å². The molecule has 0 bridgehead atoms. The Morgan fingerprint density at radius 2 is 2.00 bits per heavy atom. The van der Waals surface area contributed by atoms with Crippen molar-refractivity contribution in [1.29, 1.82) is 0 Å². The Kier molecular flexibility index (Phi) is 3.84. The highest BCUT2D eigenvalue weighted by Gasteiger charge is 2.21. The number of nitro benzene ring substituents is 1. The first-order chi connectivity index (χ1) is 9.90. The lowest BCUT2D eigenvalue weighted by Crippen LogP contribution is -2.14. The van der Waals surface area contributed by atoms with Gasteiger partial charge in [-0.1, -0.05) is 6.07 Å². The quantitative estimate of drug-likeness (QED) is 0.666. The van der Waals surface area contributed by atoms with Crippen LogP contribution in [0.3, 0.4) is 0 Å². The minimum atomic E-state index is -0.745. The number of amides is 1. The normalized spacial score (nSPS) is 10.2. The van der Waals surface area contributed by atoms with Crippen molar-refractivity contribution in [3.8, 4) is 5.75 Å². The molecule has 7 nitrogen and oxygen atoms in total. The number of aryl methyl sites for hydroxylation is 2. The van der Waals surface area contributed by atoms with Gasteiger partial charge in [0.15, 0.2) is 0 Å². The molecule has 0 atom stereocenters. The van der Waals surface area contributed by atoms with Gasteiger partial charge in [-0.25, -0.2) is 0 Å². The predicted octanol–water partition coefficient (Wildman–Crippen LogP) is 2.56. The van der Waals surface area contributed by atoms with E-state index in [1.54, 1.807) is 19.1 Å². The highest BCUT2D eigenvalue weighted by atomic mass is 16.6. The summed E-state index contributed by atoms with van der Waals surface area (Å²) in [5, 5.41) is 23.1. The highest BCUT2D eigenvalue weighted by molar-refractivity contribution is 6.07. The van der Waals surface area contributed by atoms with Gasteiger partial charge in [-0.15, -0.1) is 0 Å². The van der Waals surface area contributed by atoms with Crippen LogP contribution in [-0.2, 0) is 0 Å². The number of carbonyl (C=O) groups is 1. The highest BCUT2D eigenvalue weighted by Crippen LogP contribution is 2.29. The average molecular weight is 287 g/mol. The lowest BCUT2D eigenvalue weighted by molar-refractivity contribution is -0.385. The van der Waals surface area contributed by atoms with Crippen molar-refractivity contribution in [2.24, 2.45) is 0 Å². The fourth-order valence-electron chi connectivity index (χ4n) is 1.87. The van der Waals surface area contributed by atoms with Gasteiger partial charge in [0.25, 0.3) is 5.91 Å². The molecule has 0 aliphatic carbocycles. The molecular weight excluding hydrogens is 274 g/mol. The predicted molar refractivity (Wildman–Crippen MR) is 76.4 cm³/mol. The van der Waals surface area contributed by atoms with Crippen LogP contribution >= 0.6 is 0 Å². The molecule has 2 aromatic rings. The van der Waals surface area contributed by atoms with Crippen LogP contribution in [-0.4, -0.2) is 20.9 Å². The number of rotatable bonds is 3. The number of nitrogens with zero attached hydrogens (tertiary/aromatic N) is 2. The van der Waals surface area contributed by atoms with Crippen molar-refractivity contribution in [1.82, 2.24) is 4.98 Å². The maximum atomic E-state index is 12.1. The summed E-state index contributed by atoms with van der Waals surface area (Å²) < 4.78 is 0. The van der Waals surface area contributed by atoms with Gasteiger partial charge in [0.05, 0.1) is 21.9 Å². The average Bonchev–Trinajstić information content (AvgIpc) is 2.41. The van der Waals surface area contributed by atoms with Crippen molar-refractivity contribution < 1.29 is 14.8 Å². The Hall–Kier alpha value is -2.96. The summed E-state index contributed by atoms with van der Waals surface area (Å²) in [7, 11) is 0. The first-order valence-electron chi connectivity index (χ1n) is 6.12. The van der Waals surface area contributed by atoms with Crippen LogP contribution in [0.4, 0.5) is 11.4 Å². The van der Waals surface area contributed by atoms with E-state index in [1.165, 1.54) is 12.1 Å². The van der Waals surface area contributed by atoms with Crippen molar-refractivity contribution in [2.45, 2.75) is 13.8 Å². The van der Waals surface area contributed by atoms with E-state index in [2.05, 4.69) is 10.3 Å². The van der Waals surface area contributed by atoms with Gasteiger partial charge in [-0.05, 0) is 32.0 Å². The number of phenolic OH excluding ortho intramolecular Hbond substituents is 1. The van der Waals surface area contributed by atoms with E-state index in [4.69, 9.17) is 0 Å². The van der Waals surface area contributed by atoms with Gasteiger partial charge in [0.2, 0.25) is 5.75 Å². The third kappa shape index (κ3) is 2.97. The second-order valence-corrected chi connectivity index (χ2v) is 4.47. The molecule has 1 heterocycles. The first-order valence-corrected chi connectivity index (χ1v) is 6.12. The molecule has 2 N–H and O–H groups in total. The summed E-state index contributed by atoms with van der Waals surface area (Å²) >= 11 is 0. The smallest absolute Gasteiger partial charge is 0.311 e. The van der Waals surface area contributed by atoms with E-state index in [0.29, 0.717) is 11.4 Å². The van der Waals surface area contributed by atoms with Gasteiger partial charge < -0.3 is 10.4 Å². The number of nitro groups is 1. The zero-order chi connectivity index (χ0) is 15.6. The number of para-hydroxylation sites is 1. The third-order valence-corrected chi connectivity index (χ3v) is 2.93. The van der Waals surface area contributed by atoms with Gasteiger partial charge in [-0.2, -0.15) is 0 Å². The van der Waals surface area contributed by atoms with E-state index in [1.807, 2.05) is 6.92 Å². The van der Waals surface area contributed by atoms with E-state index in [9.17, 15) is 20.0 Å². The number of aromatic hydroxyl groups is 1. The molecule has 0 radical (unpaired) electrons. The fourth-order valence-corrected chi connectivity index (χ4v) is 1.87. The minimum absolute atomic E-state index is 0.163. The summed E-state index contributed by atoms with van der Waals surface area (Å²) in [5.74, 6) is -1.29. The maximum Gasteiger partial charge on any atom is 0.311 e. The molecule has 0 unspecified atom stereocenters. The van der Waals surface area contributed by atoms with Gasteiger partial charge in [0.1, 0.15) is 0 Å². The van der Waals surface area contributed by atoms with E-state index in [0.717, 1.165) is 11.8 Å². The molecular formula is C14H13N3O4. The third-order valence-electron chi connectivity index (χ3n) is 2.93. The number of carbonyl (C=O) groups excluding carboxylic acids is 1. The topological polar surface area (TPSA) is 105 Å². The SMILES string of the molecule is Cc1ccc(NC(=O)c2cccc([N+](=O)[O-])c2O)c(C)n1. The Morgan fingerprint density at radius 3 is 2.62 bits per heavy atom. The maximum absolute atomic E-state index is 12.1. The number of phenols is 1. The number of hydrogen-bond donors (Lipinski definition) is 2. The number of aromatic nitrogens is 1. The second-order valence-electron chi connectivity index (χ2n) is 4.47. The number of benzene rings is 1. The molecule has 0 aliphatic rings. The largest absolute Gasteiger partial charge is 0.502 e. The molecule has 0 fully saturated rings. The van der Waals surface area contributed by atoms with Crippen molar-refractivity contribution in [2.75, 3.05) is 5.32 Å². The summed E-state index contributed by atoms with van der Waals surface area (Å²) in [6, 6.07) is 7.20. The van der Waals surface area contributed by atoms with Crippen LogP contribution in [0.2, 0.25) is 0 Å². The molecule has 7 heteroatoms. The Balaban J connectivity index is 2.33. The van der Waals surface area contributed by atoms with Gasteiger partial charge in [0, 0.05) is 11.8 Å². The van der Waals surface area contributed by atoms with Crippen LogP contribution < -0.4 is 5.32 Å². The van der Waals surface area contributed by atoms with Gasteiger partial charge >= 0.3 is 5.69 Å². The lowest BCUT2D eigenvalue weighted by atomic mass is 10.1. The molecule has 1 aromatic carbocycles. The zero-order valence-corrected chi connectivity index (χ0v) is 11.5. The summed E-state index contributed by atoms with van der Waals surface area (Å²) in [4.78, 5) is 26.3. The summed E-state index contributed by atoms with van der Waals surface area (Å²) in [6.07, 6.45) is 0. The molecule has 0 spiro atoms. The zero-order valence-electron chi connectivity index (χ0n) is 11.5. The van der Waals surface area contributed by atoms with Crippen LogP contribution in [0.1, 0.15) is 21.7 Å². The van der Waals surface area contributed by atoms with E-state index < -0.39 is 22.3 Å². The van der Waals surface area contributed by atoms with Crippen LogP contribution in [0.15, 0.2) is 30.3 Å². The molecule has 2 rings (SSSR count). The van der Waals surface area contributed by atoms with Crippen molar-refractivity contribution >= 4 is 17.3 Å². The van der Waals surface area contributed by atoms with Crippen LogP contribution in [0.25, 0.3) is 0 Å². The summed E-state index contributed by atoms with van der Waals surface area (Å²) in [5.41, 5.74) is 1.24. The van der Waals surface area contributed by atoms with Crippen LogP contribution in [0.5, 0.6) is 5.75 Å². The molecule has 21 heavy (non-hydrogen) atoms. The lowest BCUT2D eigenvalue weighted by Gasteiger charge is -2.09. The second kappa shape index (κ2) is 5.58. The minimum Gasteiger partial charge on any atom is -0.502 e. The molecule has 1 amide bonds. The Labute approximate surface area is 120 Å². The van der Waals surface area contributed by atoms with Gasteiger partial charge in [-0.3, -0.25) is 19.9 Å². The number of hydrogen-bond acceptors (Lipinski definition) is 5. The van der Waals surface area contributed by atoms with Crippen molar-refractivity contribution in [3.05, 3.63) is 57.4 Å². The Bertz CT molecular complexity index is 728. The molecule has 0 saturated heterocycles. The molecule has 0 aliphatic heterocycles. The van der Waals surface area contributed by atoms with Crippen molar-refractivity contribution in [3.63, 3.8) is 0 Å².